The standard InChI is InChI=1S/C15H17FN/c1-10-5-6-13(11(2)7-10)15-8-14(16)12(3)9-17(15)4/h5-9H,1-4H3/q+1. The molecule has 1 aromatic heterocycles. The second-order valence-electron chi connectivity index (χ2n) is 4.62. The molecule has 1 nitrogen and oxygen atoms in total. The first-order valence-electron chi connectivity index (χ1n) is 5.72. The average Bonchev–Trinajstić information content (AvgIpc) is 2.24. The first-order chi connectivity index (χ1) is 7.99. The van der Waals surface area contributed by atoms with Gasteiger partial charge >= 0.3 is 0 Å². The van der Waals surface area contributed by atoms with Gasteiger partial charge in [-0.15, -0.1) is 0 Å². The lowest BCUT2D eigenvalue weighted by Gasteiger charge is -2.06. The molecular weight excluding hydrogens is 213 g/mol. The van der Waals surface area contributed by atoms with Crippen molar-refractivity contribution in [3.05, 3.63) is 53.0 Å². The topological polar surface area (TPSA) is 3.88 Å². The van der Waals surface area contributed by atoms with Crippen molar-refractivity contribution in [1.82, 2.24) is 0 Å². The lowest BCUT2D eigenvalue weighted by atomic mass is 10.0. The van der Waals surface area contributed by atoms with E-state index in [1.54, 1.807) is 13.0 Å². The van der Waals surface area contributed by atoms with Crippen LogP contribution in [0.2, 0.25) is 0 Å². The van der Waals surface area contributed by atoms with Crippen molar-refractivity contribution < 1.29 is 8.96 Å². The highest BCUT2D eigenvalue weighted by atomic mass is 19.1. The highest BCUT2D eigenvalue weighted by Gasteiger charge is 2.15. The molecule has 0 atom stereocenters. The molecule has 0 unspecified atom stereocenters. The number of hydrogen-bond donors (Lipinski definition) is 0. The van der Waals surface area contributed by atoms with Crippen LogP contribution in [-0.4, -0.2) is 0 Å². The van der Waals surface area contributed by atoms with Crippen molar-refractivity contribution >= 4 is 0 Å². The summed E-state index contributed by atoms with van der Waals surface area (Å²) in [7, 11) is 1.95. The smallest absolute Gasteiger partial charge is 0.206 e. The average molecular weight is 230 g/mol. The van der Waals surface area contributed by atoms with Gasteiger partial charge in [0, 0.05) is 17.2 Å². The summed E-state index contributed by atoms with van der Waals surface area (Å²) >= 11 is 0. The van der Waals surface area contributed by atoms with Crippen LogP contribution < -0.4 is 4.57 Å². The molecule has 0 aliphatic rings. The van der Waals surface area contributed by atoms with Gasteiger partial charge in [0.25, 0.3) is 0 Å². The Labute approximate surface area is 102 Å². The zero-order chi connectivity index (χ0) is 12.6. The number of aromatic nitrogens is 1. The third-order valence-electron chi connectivity index (χ3n) is 3.07. The largest absolute Gasteiger partial charge is 0.215 e. The molecule has 0 aliphatic carbocycles. The molecule has 0 spiro atoms. The zero-order valence-corrected chi connectivity index (χ0v) is 10.7. The van der Waals surface area contributed by atoms with Gasteiger partial charge in [0.2, 0.25) is 5.69 Å². The van der Waals surface area contributed by atoms with E-state index in [0.29, 0.717) is 5.56 Å². The number of nitrogens with zero attached hydrogens (tertiary/aromatic N) is 1. The fraction of sp³-hybridized carbons (Fsp3) is 0.267. The van der Waals surface area contributed by atoms with E-state index in [9.17, 15) is 4.39 Å². The van der Waals surface area contributed by atoms with Crippen molar-refractivity contribution in [1.29, 1.82) is 0 Å². The van der Waals surface area contributed by atoms with E-state index in [0.717, 1.165) is 11.3 Å². The Bertz CT molecular complexity index is 573. The van der Waals surface area contributed by atoms with Crippen LogP contribution in [0, 0.1) is 26.6 Å². The first-order valence-corrected chi connectivity index (χ1v) is 5.72. The summed E-state index contributed by atoms with van der Waals surface area (Å²) in [5.74, 6) is -0.155. The molecule has 0 fully saturated rings. The van der Waals surface area contributed by atoms with Crippen molar-refractivity contribution in [2.45, 2.75) is 20.8 Å². The SMILES string of the molecule is Cc1ccc(-c2cc(F)c(C)c[n+]2C)c(C)c1. The molecule has 0 bridgehead atoms. The quantitative estimate of drug-likeness (QED) is 0.662. The zero-order valence-electron chi connectivity index (χ0n) is 10.7. The predicted octanol–water partition coefficient (Wildman–Crippen LogP) is 3.24. The summed E-state index contributed by atoms with van der Waals surface area (Å²) in [4.78, 5) is 0. The molecular formula is C15H17FN+. The monoisotopic (exact) mass is 230 g/mol. The summed E-state index contributed by atoms with van der Waals surface area (Å²) in [5, 5.41) is 0. The van der Waals surface area contributed by atoms with Crippen LogP contribution in [0.15, 0.2) is 30.5 Å². The van der Waals surface area contributed by atoms with Gasteiger partial charge in [-0.1, -0.05) is 17.7 Å². The molecule has 17 heavy (non-hydrogen) atoms. The van der Waals surface area contributed by atoms with E-state index in [2.05, 4.69) is 32.0 Å². The van der Waals surface area contributed by atoms with Crippen LogP contribution >= 0.6 is 0 Å². The molecule has 0 N–H and O–H groups in total. The summed E-state index contributed by atoms with van der Waals surface area (Å²) < 4.78 is 15.6. The Morgan fingerprint density at radius 2 is 1.71 bits per heavy atom. The Kier molecular flexibility index (Phi) is 2.97. The fourth-order valence-electron chi connectivity index (χ4n) is 2.13. The molecule has 1 aromatic carbocycles. The van der Waals surface area contributed by atoms with E-state index in [1.165, 1.54) is 11.1 Å². The van der Waals surface area contributed by atoms with Gasteiger partial charge in [-0.2, -0.15) is 0 Å². The van der Waals surface area contributed by atoms with Crippen LogP contribution in [-0.2, 0) is 7.05 Å². The minimum Gasteiger partial charge on any atom is -0.206 e. The lowest BCUT2D eigenvalue weighted by molar-refractivity contribution is -0.661. The predicted molar refractivity (Wildman–Crippen MR) is 67.2 cm³/mol. The van der Waals surface area contributed by atoms with E-state index in [4.69, 9.17) is 0 Å². The number of aryl methyl sites for hydroxylation is 4. The third kappa shape index (κ3) is 2.21. The minimum absolute atomic E-state index is 0.155. The number of rotatable bonds is 1. The third-order valence-corrected chi connectivity index (χ3v) is 3.07. The highest BCUT2D eigenvalue weighted by Crippen LogP contribution is 2.22. The Morgan fingerprint density at radius 1 is 1.00 bits per heavy atom. The second kappa shape index (κ2) is 4.28. The van der Waals surface area contributed by atoms with E-state index >= 15 is 0 Å². The van der Waals surface area contributed by atoms with Crippen molar-refractivity contribution in [2.75, 3.05) is 0 Å². The second-order valence-corrected chi connectivity index (χ2v) is 4.62. The molecule has 0 radical (unpaired) electrons. The van der Waals surface area contributed by atoms with Gasteiger partial charge in [-0.3, -0.25) is 0 Å². The van der Waals surface area contributed by atoms with Crippen molar-refractivity contribution in [2.24, 2.45) is 7.05 Å². The van der Waals surface area contributed by atoms with Gasteiger partial charge in [0.1, 0.15) is 12.9 Å². The molecule has 1 heterocycles. The lowest BCUT2D eigenvalue weighted by Crippen LogP contribution is -2.31. The van der Waals surface area contributed by atoms with Gasteiger partial charge in [-0.25, -0.2) is 8.96 Å². The van der Waals surface area contributed by atoms with Crippen LogP contribution in [0.5, 0.6) is 0 Å². The Morgan fingerprint density at radius 3 is 2.35 bits per heavy atom. The summed E-state index contributed by atoms with van der Waals surface area (Å²) in [6, 6.07) is 7.83. The van der Waals surface area contributed by atoms with Gasteiger partial charge < -0.3 is 0 Å². The molecule has 0 saturated heterocycles. The number of hydrogen-bond acceptors (Lipinski definition) is 0. The van der Waals surface area contributed by atoms with Gasteiger partial charge in [-0.05, 0) is 32.4 Å². The van der Waals surface area contributed by atoms with E-state index in [1.807, 2.05) is 17.8 Å². The molecule has 0 saturated carbocycles. The van der Waals surface area contributed by atoms with Crippen LogP contribution in [0.25, 0.3) is 11.3 Å². The molecule has 2 rings (SSSR count). The Hall–Kier alpha value is -1.70. The molecule has 0 aliphatic heterocycles. The summed E-state index contributed by atoms with van der Waals surface area (Å²) in [6.45, 7) is 5.90. The van der Waals surface area contributed by atoms with Crippen molar-refractivity contribution in [3.8, 4) is 11.3 Å². The number of pyridine rings is 1. The normalized spacial score (nSPS) is 10.6. The molecule has 2 heteroatoms. The van der Waals surface area contributed by atoms with Crippen LogP contribution in [0.3, 0.4) is 0 Å². The maximum atomic E-state index is 13.6. The summed E-state index contributed by atoms with van der Waals surface area (Å²) in [6.07, 6.45) is 1.82. The maximum Gasteiger partial charge on any atom is 0.215 e. The first kappa shape index (κ1) is 11.8. The van der Waals surface area contributed by atoms with Crippen LogP contribution in [0.4, 0.5) is 4.39 Å². The van der Waals surface area contributed by atoms with Gasteiger partial charge in [0.15, 0.2) is 6.20 Å². The minimum atomic E-state index is -0.155. The number of halogens is 1. The fourth-order valence-corrected chi connectivity index (χ4v) is 2.13. The maximum absolute atomic E-state index is 13.6. The van der Waals surface area contributed by atoms with Crippen molar-refractivity contribution in [3.63, 3.8) is 0 Å². The van der Waals surface area contributed by atoms with Gasteiger partial charge in [0.05, 0.1) is 0 Å². The van der Waals surface area contributed by atoms with E-state index < -0.39 is 0 Å². The number of benzene rings is 1. The van der Waals surface area contributed by atoms with E-state index in [-0.39, 0.29) is 5.82 Å². The highest BCUT2D eigenvalue weighted by molar-refractivity contribution is 5.61. The molecule has 0 amide bonds. The Balaban J connectivity index is 2.64. The van der Waals surface area contributed by atoms with Crippen LogP contribution in [0.1, 0.15) is 16.7 Å². The molecule has 88 valence electrons. The summed E-state index contributed by atoms with van der Waals surface area (Å²) in [5.41, 5.74) is 5.05. The molecule has 2 aromatic rings.